The number of rotatable bonds is 5. The third-order valence-corrected chi connectivity index (χ3v) is 5.18. The minimum atomic E-state index is -0.706. The van der Waals surface area contributed by atoms with Gasteiger partial charge in [0.25, 0.3) is 5.69 Å². The summed E-state index contributed by atoms with van der Waals surface area (Å²) in [5, 5.41) is 22.4. The Bertz CT molecular complexity index is 1500. The normalized spacial score (nSPS) is 11.0. The Balaban J connectivity index is 1.80. The van der Waals surface area contributed by atoms with Crippen LogP contribution in [0.3, 0.4) is 0 Å². The molecule has 0 saturated heterocycles. The van der Waals surface area contributed by atoms with Gasteiger partial charge in [-0.2, -0.15) is 5.26 Å². The maximum Gasteiger partial charge on any atom is 0.339 e. The van der Waals surface area contributed by atoms with E-state index < -0.39 is 16.5 Å². The number of nitro benzene ring substituents is 1. The quantitative estimate of drug-likeness (QED) is 0.178. The van der Waals surface area contributed by atoms with Crippen LogP contribution in [0.25, 0.3) is 21.9 Å². The maximum atomic E-state index is 12.9. The van der Waals surface area contributed by atoms with E-state index in [1.54, 1.807) is 63.2 Å². The van der Waals surface area contributed by atoms with Crippen molar-refractivity contribution in [1.82, 2.24) is 0 Å². The monoisotopic (exact) mass is 466 g/mol. The summed E-state index contributed by atoms with van der Waals surface area (Å²) in [5.74, 6) is 0.316. The molecule has 0 N–H and O–H groups in total. The molecule has 0 amide bonds. The fourth-order valence-electron chi connectivity index (χ4n) is 3.64. The first-order chi connectivity index (χ1) is 16.6. The van der Waals surface area contributed by atoms with E-state index in [9.17, 15) is 14.9 Å². The molecule has 0 aliphatic carbocycles. The second kappa shape index (κ2) is 9.27. The number of nitriles is 1. The van der Waals surface area contributed by atoms with Crippen molar-refractivity contribution >= 4 is 22.4 Å². The van der Waals surface area contributed by atoms with Gasteiger partial charge in [-0.1, -0.05) is 30.3 Å². The van der Waals surface area contributed by atoms with Crippen molar-refractivity contribution in [3.8, 4) is 28.7 Å². The lowest BCUT2D eigenvalue weighted by molar-refractivity contribution is -0.384. The van der Waals surface area contributed by atoms with Gasteiger partial charge < -0.3 is 9.47 Å². The third kappa shape index (κ3) is 5.28. The van der Waals surface area contributed by atoms with Gasteiger partial charge in [-0.15, -0.1) is 0 Å². The molecule has 4 aromatic carbocycles. The van der Waals surface area contributed by atoms with Crippen LogP contribution in [0.5, 0.6) is 11.5 Å². The van der Waals surface area contributed by atoms with Crippen LogP contribution in [0, 0.1) is 21.4 Å². The highest BCUT2D eigenvalue weighted by Gasteiger charge is 2.23. The minimum Gasteiger partial charge on any atom is -0.457 e. The summed E-state index contributed by atoms with van der Waals surface area (Å²) < 4.78 is 11.7. The Hall–Kier alpha value is -4.70. The van der Waals surface area contributed by atoms with Gasteiger partial charge in [-0.3, -0.25) is 10.1 Å². The first-order valence-corrected chi connectivity index (χ1v) is 10.9. The second-order valence-corrected chi connectivity index (χ2v) is 8.92. The number of benzene rings is 4. The van der Waals surface area contributed by atoms with Crippen molar-refractivity contribution < 1.29 is 19.2 Å². The van der Waals surface area contributed by atoms with Crippen LogP contribution in [-0.2, 0) is 4.74 Å². The Labute approximate surface area is 202 Å². The summed E-state index contributed by atoms with van der Waals surface area (Å²) >= 11 is 0. The number of fused-ring (bicyclic) bond motifs is 1. The predicted octanol–water partition coefficient (Wildman–Crippen LogP) is 7.03. The van der Waals surface area contributed by atoms with E-state index in [2.05, 4.69) is 6.07 Å². The zero-order valence-corrected chi connectivity index (χ0v) is 19.4. The van der Waals surface area contributed by atoms with Gasteiger partial charge >= 0.3 is 5.97 Å². The Morgan fingerprint density at radius 1 is 0.914 bits per heavy atom. The van der Waals surface area contributed by atoms with Gasteiger partial charge in [0, 0.05) is 23.3 Å². The van der Waals surface area contributed by atoms with E-state index >= 15 is 0 Å². The van der Waals surface area contributed by atoms with Gasteiger partial charge in [0.1, 0.15) is 17.1 Å². The molecule has 0 fully saturated rings. The second-order valence-electron chi connectivity index (χ2n) is 8.92. The Kier molecular flexibility index (Phi) is 6.22. The van der Waals surface area contributed by atoms with Crippen LogP contribution in [-0.4, -0.2) is 16.5 Å². The molecule has 0 aliphatic rings. The first kappa shape index (κ1) is 23.5. The van der Waals surface area contributed by atoms with E-state index in [0.29, 0.717) is 28.2 Å². The largest absolute Gasteiger partial charge is 0.457 e. The molecule has 174 valence electrons. The molecule has 35 heavy (non-hydrogen) atoms. The summed E-state index contributed by atoms with van der Waals surface area (Å²) in [6.07, 6.45) is 0. The van der Waals surface area contributed by atoms with Crippen molar-refractivity contribution in [3.05, 3.63) is 100 Å². The van der Waals surface area contributed by atoms with E-state index in [1.807, 2.05) is 18.2 Å². The number of hydrogen-bond acceptors (Lipinski definition) is 6. The van der Waals surface area contributed by atoms with Gasteiger partial charge in [0.15, 0.2) is 0 Å². The number of nitrogens with zero attached hydrogens (tertiary/aromatic N) is 2. The van der Waals surface area contributed by atoms with Gasteiger partial charge in [-0.25, -0.2) is 4.79 Å². The smallest absolute Gasteiger partial charge is 0.339 e. The van der Waals surface area contributed by atoms with Crippen molar-refractivity contribution in [2.24, 2.45) is 0 Å². The van der Waals surface area contributed by atoms with Gasteiger partial charge in [-0.05, 0) is 67.9 Å². The highest BCUT2D eigenvalue weighted by molar-refractivity contribution is 5.98. The SMILES string of the molecule is CC(C)(C)OC(=O)c1ccccc1-c1cc([N+](=O)[O-])ccc1Oc1ccc2cc(C#N)ccc2c1. The molecule has 4 rings (SSSR count). The lowest BCUT2D eigenvalue weighted by atomic mass is 9.98. The van der Waals surface area contributed by atoms with E-state index in [1.165, 1.54) is 18.2 Å². The van der Waals surface area contributed by atoms with Crippen molar-refractivity contribution in [2.45, 2.75) is 26.4 Å². The molecule has 0 bridgehead atoms. The topological polar surface area (TPSA) is 102 Å². The lowest BCUT2D eigenvalue weighted by Gasteiger charge is -2.21. The number of esters is 1. The minimum absolute atomic E-state index is 0.131. The highest BCUT2D eigenvalue weighted by atomic mass is 16.6. The molecule has 7 nitrogen and oxygen atoms in total. The molecular formula is C28H22N2O5. The molecule has 7 heteroatoms. The number of carbonyl (C=O) groups is 1. The average Bonchev–Trinajstić information content (AvgIpc) is 2.82. The lowest BCUT2D eigenvalue weighted by Crippen LogP contribution is -2.24. The number of hydrogen-bond donors (Lipinski definition) is 0. The highest BCUT2D eigenvalue weighted by Crippen LogP contribution is 2.39. The van der Waals surface area contributed by atoms with Gasteiger partial charge in [0.05, 0.1) is 22.1 Å². The zero-order chi connectivity index (χ0) is 25.2. The van der Waals surface area contributed by atoms with E-state index in [-0.39, 0.29) is 11.3 Å². The molecule has 0 unspecified atom stereocenters. The predicted molar refractivity (Wildman–Crippen MR) is 132 cm³/mol. The van der Waals surface area contributed by atoms with E-state index in [4.69, 9.17) is 14.7 Å². The fourth-order valence-corrected chi connectivity index (χ4v) is 3.64. The van der Waals surface area contributed by atoms with Crippen LogP contribution in [0.2, 0.25) is 0 Å². The molecule has 0 atom stereocenters. The van der Waals surface area contributed by atoms with Crippen LogP contribution in [0.1, 0.15) is 36.7 Å². The number of carbonyl (C=O) groups excluding carboxylic acids is 1. The summed E-state index contributed by atoms with van der Waals surface area (Å²) in [6.45, 7) is 5.32. The van der Waals surface area contributed by atoms with Crippen LogP contribution in [0.4, 0.5) is 5.69 Å². The number of nitro groups is 1. The third-order valence-electron chi connectivity index (χ3n) is 5.18. The van der Waals surface area contributed by atoms with Crippen molar-refractivity contribution in [1.29, 1.82) is 5.26 Å². The standard InChI is InChI=1S/C28H22N2O5/c1-28(2,3)35-27(31)24-7-5-4-6-23(24)25-16-21(30(32)33)11-13-26(25)34-22-12-10-19-14-18(17-29)8-9-20(19)15-22/h4-16H,1-3H3. The molecule has 0 heterocycles. The van der Waals surface area contributed by atoms with E-state index in [0.717, 1.165) is 10.8 Å². The molecule has 0 aliphatic heterocycles. The Morgan fingerprint density at radius 2 is 1.63 bits per heavy atom. The molecular weight excluding hydrogens is 444 g/mol. The summed E-state index contributed by atoms with van der Waals surface area (Å²) in [7, 11) is 0. The van der Waals surface area contributed by atoms with Gasteiger partial charge in [0.2, 0.25) is 0 Å². The summed E-state index contributed by atoms with van der Waals surface area (Å²) in [4.78, 5) is 23.9. The van der Waals surface area contributed by atoms with Crippen LogP contribution in [0.15, 0.2) is 78.9 Å². The molecule has 0 saturated carbocycles. The summed E-state index contributed by atoms with van der Waals surface area (Å²) in [6, 6.07) is 23.9. The van der Waals surface area contributed by atoms with Crippen molar-refractivity contribution in [2.75, 3.05) is 0 Å². The Morgan fingerprint density at radius 3 is 2.34 bits per heavy atom. The molecule has 0 aromatic heterocycles. The zero-order valence-electron chi connectivity index (χ0n) is 19.4. The van der Waals surface area contributed by atoms with Crippen LogP contribution < -0.4 is 4.74 Å². The maximum absolute atomic E-state index is 12.9. The first-order valence-electron chi connectivity index (χ1n) is 10.9. The average molecular weight is 466 g/mol. The number of non-ortho nitro benzene ring substituents is 1. The fraction of sp³-hybridized carbons (Fsp3) is 0.143. The molecule has 0 spiro atoms. The summed E-state index contributed by atoms with van der Waals surface area (Å²) in [5.41, 5.74) is 0.843. The molecule has 4 aromatic rings. The number of ether oxygens (including phenoxy) is 2. The molecule has 0 radical (unpaired) electrons. The van der Waals surface area contributed by atoms with Crippen LogP contribution >= 0.6 is 0 Å². The van der Waals surface area contributed by atoms with Crippen molar-refractivity contribution in [3.63, 3.8) is 0 Å².